The van der Waals surface area contributed by atoms with Crippen molar-refractivity contribution in [1.82, 2.24) is 9.97 Å². The molecule has 0 aliphatic rings. The fourth-order valence-electron chi connectivity index (χ4n) is 2.48. The Bertz CT molecular complexity index is 819. The van der Waals surface area contributed by atoms with Crippen LogP contribution in [0.3, 0.4) is 0 Å². The van der Waals surface area contributed by atoms with Gasteiger partial charge in [-0.1, -0.05) is 12.1 Å². The van der Waals surface area contributed by atoms with Crippen LogP contribution in [0, 0.1) is 0 Å². The molecule has 0 amide bonds. The molecule has 0 bridgehead atoms. The lowest BCUT2D eigenvalue weighted by Gasteiger charge is -2.01. The first-order valence-corrected chi connectivity index (χ1v) is 7.13. The molecule has 4 nitrogen and oxygen atoms in total. The highest BCUT2D eigenvalue weighted by atomic mass is 16.4. The van der Waals surface area contributed by atoms with E-state index in [9.17, 15) is 4.79 Å². The Morgan fingerprint density at radius 3 is 2.91 bits per heavy atom. The van der Waals surface area contributed by atoms with Gasteiger partial charge in [0.15, 0.2) is 0 Å². The van der Waals surface area contributed by atoms with Gasteiger partial charge in [0.25, 0.3) is 0 Å². The van der Waals surface area contributed by atoms with E-state index in [1.807, 2.05) is 42.6 Å². The molecule has 2 aromatic heterocycles. The molecule has 0 aliphatic heterocycles. The number of aromatic nitrogens is 2. The van der Waals surface area contributed by atoms with Crippen LogP contribution in [-0.2, 0) is 17.6 Å². The van der Waals surface area contributed by atoms with Crippen LogP contribution < -0.4 is 0 Å². The summed E-state index contributed by atoms with van der Waals surface area (Å²) in [5.41, 5.74) is 4.22. The lowest BCUT2D eigenvalue weighted by atomic mass is 10.0. The molecule has 3 rings (SSSR count). The lowest BCUT2D eigenvalue weighted by Crippen LogP contribution is -1.93. The van der Waals surface area contributed by atoms with Gasteiger partial charge in [-0.05, 0) is 54.3 Å². The number of benzene rings is 1. The maximum atomic E-state index is 10.6. The van der Waals surface area contributed by atoms with Crippen molar-refractivity contribution in [2.24, 2.45) is 0 Å². The first kappa shape index (κ1) is 14.1. The van der Waals surface area contributed by atoms with E-state index in [4.69, 9.17) is 5.11 Å². The molecule has 110 valence electrons. The van der Waals surface area contributed by atoms with Crippen LogP contribution >= 0.6 is 0 Å². The number of carboxylic acids is 1. The summed E-state index contributed by atoms with van der Waals surface area (Å²) in [6.45, 7) is 0. The zero-order chi connectivity index (χ0) is 15.4. The topological polar surface area (TPSA) is 66.0 Å². The number of H-pyrrole nitrogens is 1. The molecule has 0 fully saturated rings. The van der Waals surface area contributed by atoms with Crippen LogP contribution in [0.4, 0.5) is 0 Å². The Balaban J connectivity index is 1.83. The lowest BCUT2D eigenvalue weighted by molar-refractivity contribution is -0.131. The molecule has 0 saturated heterocycles. The number of aryl methyl sites for hydroxylation is 2. The third-order valence-corrected chi connectivity index (χ3v) is 3.59. The van der Waals surface area contributed by atoms with Gasteiger partial charge in [0.1, 0.15) is 0 Å². The Labute approximate surface area is 128 Å². The molecule has 2 N–H and O–H groups in total. The van der Waals surface area contributed by atoms with Crippen LogP contribution in [0.15, 0.2) is 54.9 Å². The number of hydrogen-bond donors (Lipinski definition) is 2. The minimum absolute atomic E-state index is 0.878. The fourth-order valence-corrected chi connectivity index (χ4v) is 2.48. The number of fused-ring (bicyclic) bond motifs is 1. The Hall–Kier alpha value is -2.88. The third-order valence-electron chi connectivity index (χ3n) is 3.59. The second kappa shape index (κ2) is 6.26. The van der Waals surface area contributed by atoms with Crippen molar-refractivity contribution in [1.29, 1.82) is 0 Å². The van der Waals surface area contributed by atoms with Gasteiger partial charge in [0, 0.05) is 35.1 Å². The van der Waals surface area contributed by atoms with Gasteiger partial charge in [-0.2, -0.15) is 0 Å². The number of aliphatic carboxylic acids is 1. The highest BCUT2D eigenvalue weighted by Crippen LogP contribution is 2.22. The van der Waals surface area contributed by atoms with Gasteiger partial charge in [0.2, 0.25) is 0 Å². The molecule has 4 heteroatoms. The van der Waals surface area contributed by atoms with Crippen LogP contribution in [0.5, 0.6) is 0 Å². The number of hydrogen-bond acceptors (Lipinski definition) is 2. The van der Waals surface area contributed by atoms with Crippen molar-refractivity contribution in [2.75, 3.05) is 0 Å². The average Bonchev–Trinajstić information content (AvgIpc) is 2.94. The molecular weight excluding hydrogens is 276 g/mol. The summed E-state index contributed by atoms with van der Waals surface area (Å²) in [6, 6.07) is 11.8. The van der Waals surface area contributed by atoms with Gasteiger partial charge >= 0.3 is 5.97 Å². The zero-order valence-corrected chi connectivity index (χ0v) is 12.0. The number of rotatable bonds is 5. The van der Waals surface area contributed by atoms with Gasteiger partial charge < -0.3 is 10.1 Å². The molecule has 0 unspecified atom stereocenters. The van der Waals surface area contributed by atoms with E-state index in [2.05, 4.69) is 9.97 Å². The molecule has 0 atom stereocenters. The van der Waals surface area contributed by atoms with Crippen LogP contribution in [0.25, 0.3) is 17.0 Å². The Morgan fingerprint density at radius 1 is 1.23 bits per heavy atom. The zero-order valence-electron chi connectivity index (χ0n) is 12.0. The van der Waals surface area contributed by atoms with E-state index >= 15 is 0 Å². The molecule has 2 heterocycles. The van der Waals surface area contributed by atoms with Gasteiger partial charge in [0.05, 0.1) is 0 Å². The van der Waals surface area contributed by atoms with Crippen molar-refractivity contribution >= 4 is 22.9 Å². The van der Waals surface area contributed by atoms with Crippen molar-refractivity contribution in [3.63, 3.8) is 0 Å². The molecule has 0 spiro atoms. The average molecular weight is 292 g/mol. The molecule has 1 aromatic carbocycles. The summed E-state index contributed by atoms with van der Waals surface area (Å²) < 4.78 is 0. The van der Waals surface area contributed by atoms with E-state index in [1.165, 1.54) is 5.56 Å². The molecule has 0 aliphatic carbocycles. The standard InChI is InChI=1S/C18H16N2O2/c21-18(22)9-5-13-4-8-17-16(11-13)14(12-20-17)6-7-15-3-1-2-10-19-15/h1-5,8-12,20H,6-7H2,(H,21,22)/b9-5+. The number of nitrogens with zero attached hydrogens (tertiary/aromatic N) is 1. The molecule has 3 aromatic rings. The minimum Gasteiger partial charge on any atom is -0.478 e. The minimum atomic E-state index is -0.940. The van der Waals surface area contributed by atoms with E-state index in [1.54, 1.807) is 12.3 Å². The number of carboxylic acid groups (broad SMARTS) is 1. The second-order valence-electron chi connectivity index (χ2n) is 5.11. The largest absolute Gasteiger partial charge is 0.478 e. The first-order chi connectivity index (χ1) is 10.7. The third kappa shape index (κ3) is 3.23. The smallest absolute Gasteiger partial charge is 0.328 e. The normalized spacial score (nSPS) is 11.3. The summed E-state index contributed by atoms with van der Waals surface area (Å²) in [5, 5.41) is 9.84. The molecule has 0 saturated carbocycles. The maximum absolute atomic E-state index is 10.6. The second-order valence-corrected chi connectivity index (χ2v) is 5.11. The summed E-state index contributed by atoms with van der Waals surface area (Å²) in [5.74, 6) is -0.940. The van der Waals surface area contributed by atoms with E-state index in [-0.39, 0.29) is 0 Å². The van der Waals surface area contributed by atoms with E-state index < -0.39 is 5.97 Å². The SMILES string of the molecule is O=C(O)/C=C/c1ccc2[nH]cc(CCc3ccccn3)c2c1. The number of carbonyl (C=O) groups is 1. The van der Waals surface area contributed by atoms with Crippen molar-refractivity contribution < 1.29 is 9.90 Å². The number of aromatic amines is 1. The van der Waals surface area contributed by atoms with Gasteiger partial charge in [-0.25, -0.2) is 4.79 Å². The summed E-state index contributed by atoms with van der Waals surface area (Å²) in [6.07, 6.45) is 8.35. The first-order valence-electron chi connectivity index (χ1n) is 7.13. The predicted molar refractivity (Wildman–Crippen MR) is 86.6 cm³/mol. The predicted octanol–water partition coefficient (Wildman–Crippen LogP) is 3.45. The van der Waals surface area contributed by atoms with Crippen molar-refractivity contribution in [2.45, 2.75) is 12.8 Å². The number of pyridine rings is 1. The maximum Gasteiger partial charge on any atom is 0.328 e. The highest BCUT2D eigenvalue weighted by Gasteiger charge is 2.05. The monoisotopic (exact) mass is 292 g/mol. The molecule has 0 radical (unpaired) electrons. The van der Waals surface area contributed by atoms with Gasteiger partial charge in [-0.3, -0.25) is 4.98 Å². The van der Waals surface area contributed by atoms with Crippen LogP contribution in [0.2, 0.25) is 0 Å². The van der Waals surface area contributed by atoms with Crippen molar-refractivity contribution in [3.8, 4) is 0 Å². The quantitative estimate of drug-likeness (QED) is 0.708. The number of nitrogens with one attached hydrogen (secondary N) is 1. The van der Waals surface area contributed by atoms with Crippen molar-refractivity contribution in [3.05, 3.63) is 71.7 Å². The van der Waals surface area contributed by atoms with Gasteiger partial charge in [-0.15, -0.1) is 0 Å². The van der Waals surface area contributed by atoms with E-state index in [0.29, 0.717) is 0 Å². The highest BCUT2D eigenvalue weighted by molar-refractivity contribution is 5.89. The molecular formula is C18H16N2O2. The Morgan fingerprint density at radius 2 is 2.14 bits per heavy atom. The molecule has 22 heavy (non-hydrogen) atoms. The summed E-state index contributed by atoms with van der Waals surface area (Å²) >= 11 is 0. The Kier molecular flexibility index (Phi) is 4.01. The summed E-state index contributed by atoms with van der Waals surface area (Å²) in [7, 11) is 0. The summed E-state index contributed by atoms with van der Waals surface area (Å²) in [4.78, 5) is 18.2. The van der Waals surface area contributed by atoms with E-state index in [0.717, 1.165) is 41.1 Å². The fraction of sp³-hybridized carbons (Fsp3) is 0.111. The van der Waals surface area contributed by atoms with Crippen LogP contribution in [0.1, 0.15) is 16.8 Å². The van der Waals surface area contributed by atoms with Crippen LogP contribution in [-0.4, -0.2) is 21.0 Å².